The summed E-state index contributed by atoms with van der Waals surface area (Å²) in [6.07, 6.45) is 1.78. The first-order valence-electron chi connectivity index (χ1n) is 9.20. The highest BCUT2D eigenvalue weighted by Crippen LogP contribution is 2.38. The van der Waals surface area contributed by atoms with Crippen LogP contribution in [0.1, 0.15) is 45.6 Å². The molecule has 1 aromatic carbocycles. The Labute approximate surface area is 163 Å². The summed E-state index contributed by atoms with van der Waals surface area (Å²) in [4.78, 5) is 31.7. The molecule has 0 fully saturated rings. The topological polar surface area (TPSA) is 75.4 Å². The van der Waals surface area contributed by atoms with Crippen molar-refractivity contribution in [2.45, 2.75) is 32.9 Å². The second-order valence-electron chi connectivity index (χ2n) is 6.96. The Hall–Kier alpha value is -3.41. The van der Waals surface area contributed by atoms with E-state index in [0.29, 0.717) is 23.6 Å². The molecule has 1 aliphatic rings. The summed E-state index contributed by atoms with van der Waals surface area (Å²) in [5.74, 6) is 1.20. The third-order valence-corrected chi connectivity index (χ3v) is 4.86. The van der Waals surface area contributed by atoms with Gasteiger partial charge in [-0.15, -0.1) is 0 Å². The van der Waals surface area contributed by atoms with Crippen LogP contribution in [0.3, 0.4) is 0 Å². The molecule has 0 radical (unpaired) electrons. The van der Waals surface area contributed by atoms with Crippen molar-refractivity contribution in [3.8, 4) is 0 Å². The van der Waals surface area contributed by atoms with Gasteiger partial charge < -0.3 is 9.73 Å². The number of furan rings is 1. The minimum absolute atomic E-state index is 0.128. The molecule has 2 amide bonds. The van der Waals surface area contributed by atoms with Gasteiger partial charge in [-0.3, -0.25) is 19.5 Å². The molecule has 0 bridgehead atoms. The van der Waals surface area contributed by atoms with Gasteiger partial charge in [0, 0.05) is 11.9 Å². The third kappa shape index (κ3) is 3.41. The Kier molecular flexibility index (Phi) is 4.69. The zero-order valence-electron chi connectivity index (χ0n) is 15.8. The van der Waals surface area contributed by atoms with Gasteiger partial charge in [-0.2, -0.15) is 0 Å². The zero-order valence-corrected chi connectivity index (χ0v) is 15.8. The van der Waals surface area contributed by atoms with E-state index >= 15 is 0 Å². The average Bonchev–Trinajstić information content (AvgIpc) is 3.23. The highest BCUT2D eigenvalue weighted by atomic mass is 16.3. The average molecular weight is 375 g/mol. The molecule has 1 aliphatic heterocycles. The summed E-state index contributed by atoms with van der Waals surface area (Å²) in [6, 6.07) is 14.5. The minimum Gasteiger partial charge on any atom is -0.465 e. The lowest BCUT2D eigenvalue weighted by Gasteiger charge is -2.24. The normalized spacial score (nSPS) is 15.6. The van der Waals surface area contributed by atoms with Crippen molar-refractivity contribution in [2.75, 3.05) is 4.90 Å². The molecule has 28 heavy (non-hydrogen) atoms. The number of benzene rings is 1. The van der Waals surface area contributed by atoms with E-state index in [1.807, 2.05) is 50.2 Å². The number of pyridine rings is 1. The molecule has 6 heteroatoms. The van der Waals surface area contributed by atoms with Gasteiger partial charge in [0.05, 0.1) is 30.3 Å². The Bertz CT molecular complexity index is 1020. The highest BCUT2D eigenvalue weighted by Gasteiger charge is 2.39. The van der Waals surface area contributed by atoms with Gasteiger partial charge in [0.1, 0.15) is 11.5 Å². The van der Waals surface area contributed by atoms with Crippen molar-refractivity contribution < 1.29 is 14.0 Å². The largest absolute Gasteiger partial charge is 0.465 e. The molecule has 6 nitrogen and oxygen atoms in total. The van der Waals surface area contributed by atoms with Crippen LogP contribution in [-0.4, -0.2) is 16.8 Å². The first-order valence-corrected chi connectivity index (χ1v) is 9.20. The standard InChI is InChI=1S/C22H21N3O3/c1-14-5-8-16(9-6-14)25-19(21-18(22(25)27)4-3-11-23-21)12-20(26)24-13-17-10-7-15(2)28-17/h3-11,19H,12-13H2,1-2H3,(H,24,26)/t19-/m0/s1. The molecule has 0 aliphatic carbocycles. The SMILES string of the molecule is Cc1ccc(N2C(=O)c3cccnc3[C@@H]2CC(=O)NCc2ccc(C)o2)cc1. The lowest BCUT2D eigenvalue weighted by atomic mass is 10.1. The predicted molar refractivity (Wildman–Crippen MR) is 105 cm³/mol. The first-order chi connectivity index (χ1) is 13.5. The van der Waals surface area contributed by atoms with Crippen LogP contribution in [-0.2, 0) is 11.3 Å². The fraction of sp³-hybridized carbons (Fsp3) is 0.227. The summed E-state index contributed by atoms with van der Waals surface area (Å²) in [6.45, 7) is 4.16. The lowest BCUT2D eigenvalue weighted by Crippen LogP contribution is -2.32. The number of anilines is 1. The van der Waals surface area contributed by atoms with Gasteiger partial charge in [0.15, 0.2) is 0 Å². The molecule has 2 aromatic heterocycles. The lowest BCUT2D eigenvalue weighted by molar-refractivity contribution is -0.121. The van der Waals surface area contributed by atoms with Gasteiger partial charge in [-0.1, -0.05) is 17.7 Å². The van der Waals surface area contributed by atoms with E-state index in [0.717, 1.165) is 17.0 Å². The van der Waals surface area contributed by atoms with Crippen LogP contribution in [0, 0.1) is 13.8 Å². The predicted octanol–water partition coefficient (Wildman–Crippen LogP) is 3.70. The number of fused-ring (bicyclic) bond motifs is 1. The van der Waals surface area contributed by atoms with Crippen LogP contribution in [0.2, 0.25) is 0 Å². The van der Waals surface area contributed by atoms with E-state index in [9.17, 15) is 9.59 Å². The molecule has 4 rings (SSSR count). The Morgan fingerprint density at radius 2 is 1.93 bits per heavy atom. The number of aromatic nitrogens is 1. The molecule has 0 saturated heterocycles. The number of nitrogens with one attached hydrogen (secondary N) is 1. The molecule has 3 aromatic rings. The van der Waals surface area contributed by atoms with E-state index in [1.165, 1.54) is 0 Å². The van der Waals surface area contributed by atoms with Crippen molar-refractivity contribution in [3.05, 3.63) is 83.1 Å². The van der Waals surface area contributed by atoms with Crippen LogP contribution in [0.15, 0.2) is 59.1 Å². The van der Waals surface area contributed by atoms with Crippen LogP contribution in [0.25, 0.3) is 0 Å². The van der Waals surface area contributed by atoms with Crippen molar-refractivity contribution >= 4 is 17.5 Å². The van der Waals surface area contributed by atoms with Gasteiger partial charge in [0.2, 0.25) is 5.91 Å². The molecule has 0 unspecified atom stereocenters. The maximum Gasteiger partial charge on any atom is 0.260 e. The van der Waals surface area contributed by atoms with Crippen LogP contribution < -0.4 is 10.2 Å². The molecule has 1 N–H and O–H groups in total. The van der Waals surface area contributed by atoms with Crippen LogP contribution >= 0.6 is 0 Å². The Balaban J connectivity index is 1.57. The van der Waals surface area contributed by atoms with Gasteiger partial charge in [-0.25, -0.2) is 0 Å². The van der Waals surface area contributed by atoms with E-state index in [2.05, 4.69) is 10.3 Å². The number of nitrogens with zero attached hydrogens (tertiary/aromatic N) is 2. The number of hydrogen-bond donors (Lipinski definition) is 1. The number of rotatable bonds is 5. The number of amides is 2. The maximum atomic E-state index is 13.0. The van der Waals surface area contributed by atoms with Crippen molar-refractivity contribution in [3.63, 3.8) is 0 Å². The van der Waals surface area contributed by atoms with Gasteiger partial charge >= 0.3 is 0 Å². The monoisotopic (exact) mass is 375 g/mol. The first kappa shape index (κ1) is 18.0. The molecule has 3 heterocycles. The molecule has 1 atom stereocenters. The van der Waals surface area contributed by atoms with Crippen molar-refractivity contribution in [1.29, 1.82) is 0 Å². The molecular weight excluding hydrogens is 354 g/mol. The third-order valence-electron chi connectivity index (χ3n) is 4.86. The molecule has 142 valence electrons. The molecule has 0 saturated carbocycles. The van der Waals surface area contributed by atoms with Crippen molar-refractivity contribution in [2.24, 2.45) is 0 Å². The fourth-order valence-corrected chi connectivity index (χ4v) is 3.46. The van der Waals surface area contributed by atoms with Crippen LogP contribution in [0.4, 0.5) is 5.69 Å². The van der Waals surface area contributed by atoms with E-state index in [4.69, 9.17) is 4.42 Å². The summed E-state index contributed by atoms with van der Waals surface area (Å²) >= 11 is 0. The summed E-state index contributed by atoms with van der Waals surface area (Å²) in [5, 5.41) is 2.87. The quantitative estimate of drug-likeness (QED) is 0.738. The Morgan fingerprint density at radius 1 is 1.14 bits per heavy atom. The van der Waals surface area contributed by atoms with Crippen LogP contribution in [0.5, 0.6) is 0 Å². The van der Waals surface area contributed by atoms with Gasteiger partial charge in [0.25, 0.3) is 5.91 Å². The van der Waals surface area contributed by atoms with Gasteiger partial charge in [-0.05, 0) is 50.2 Å². The summed E-state index contributed by atoms with van der Waals surface area (Å²) in [5.41, 5.74) is 3.04. The Morgan fingerprint density at radius 3 is 2.64 bits per heavy atom. The number of hydrogen-bond acceptors (Lipinski definition) is 4. The van der Waals surface area contributed by atoms with E-state index in [1.54, 1.807) is 23.2 Å². The number of carbonyl (C=O) groups excluding carboxylic acids is 2. The second kappa shape index (κ2) is 7.31. The zero-order chi connectivity index (χ0) is 19.7. The highest BCUT2D eigenvalue weighted by molar-refractivity contribution is 6.11. The molecule has 0 spiro atoms. The smallest absolute Gasteiger partial charge is 0.260 e. The summed E-state index contributed by atoms with van der Waals surface area (Å²) < 4.78 is 5.49. The fourth-order valence-electron chi connectivity index (χ4n) is 3.46. The maximum absolute atomic E-state index is 13.0. The second-order valence-corrected chi connectivity index (χ2v) is 6.96. The molecular formula is C22H21N3O3. The minimum atomic E-state index is -0.440. The number of aryl methyl sites for hydroxylation is 2. The van der Waals surface area contributed by atoms with E-state index in [-0.39, 0.29) is 18.2 Å². The summed E-state index contributed by atoms with van der Waals surface area (Å²) in [7, 11) is 0. The number of carbonyl (C=O) groups is 2. The van der Waals surface area contributed by atoms with Crippen molar-refractivity contribution in [1.82, 2.24) is 10.3 Å². The van der Waals surface area contributed by atoms with E-state index < -0.39 is 6.04 Å².